The summed E-state index contributed by atoms with van der Waals surface area (Å²) in [4.78, 5) is 15.1. The van der Waals surface area contributed by atoms with Crippen molar-refractivity contribution >= 4 is 17.6 Å². The van der Waals surface area contributed by atoms with Gasteiger partial charge in [-0.15, -0.1) is 0 Å². The first-order valence-electron chi connectivity index (χ1n) is 5.15. The molecule has 0 aliphatic carbocycles. The Morgan fingerprint density at radius 1 is 1.41 bits per heavy atom. The van der Waals surface area contributed by atoms with Crippen LogP contribution < -0.4 is 0 Å². The molecule has 0 aliphatic heterocycles. The lowest BCUT2D eigenvalue weighted by Gasteiger charge is -2.25. The molecule has 1 atom stereocenters. The summed E-state index contributed by atoms with van der Waals surface area (Å²) in [6.45, 7) is 2.95. The van der Waals surface area contributed by atoms with Gasteiger partial charge in [-0.25, -0.2) is 4.89 Å². The van der Waals surface area contributed by atoms with Gasteiger partial charge in [0.15, 0.2) is 0 Å². The van der Waals surface area contributed by atoms with E-state index in [4.69, 9.17) is 21.6 Å². The van der Waals surface area contributed by atoms with Gasteiger partial charge in [0.25, 0.3) is 0 Å². The van der Waals surface area contributed by atoms with Crippen molar-refractivity contribution in [3.8, 4) is 0 Å². The molecule has 0 spiro atoms. The van der Waals surface area contributed by atoms with Gasteiger partial charge in [-0.05, 0) is 24.6 Å². The highest BCUT2D eigenvalue weighted by Crippen LogP contribution is 2.19. The van der Waals surface area contributed by atoms with Gasteiger partial charge in [0.1, 0.15) is 12.2 Å². The summed E-state index contributed by atoms with van der Waals surface area (Å²) in [7, 11) is 0. The molecule has 5 heteroatoms. The molecular weight excluding hydrogens is 244 g/mol. The number of esters is 1. The maximum Gasteiger partial charge on any atom is 0.302 e. The zero-order chi connectivity index (χ0) is 12.9. The highest BCUT2D eigenvalue weighted by Gasteiger charge is 2.28. The summed E-state index contributed by atoms with van der Waals surface area (Å²) >= 11 is 5.77. The third kappa shape index (κ3) is 4.73. The molecule has 1 rings (SSSR count). The summed E-state index contributed by atoms with van der Waals surface area (Å²) < 4.78 is 4.84. The maximum atomic E-state index is 10.7. The van der Waals surface area contributed by atoms with Crippen molar-refractivity contribution in [2.24, 2.45) is 0 Å². The molecule has 0 fully saturated rings. The molecule has 0 saturated heterocycles. The molecule has 1 aromatic rings. The molecule has 17 heavy (non-hydrogen) atoms. The Morgan fingerprint density at radius 3 is 2.47 bits per heavy atom. The summed E-state index contributed by atoms with van der Waals surface area (Å²) in [5.74, 6) is -0.413. The van der Waals surface area contributed by atoms with E-state index in [1.54, 1.807) is 19.1 Å². The van der Waals surface area contributed by atoms with E-state index >= 15 is 0 Å². The monoisotopic (exact) mass is 258 g/mol. The number of rotatable bonds is 5. The third-order valence-electron chi connectivity index (χ3n) is 2.29. The van der Waals surface area contributed by atoms with Gasteiger partial charge in [-0.3, -0.25) is 10.1 Å². The third-order valence-corrected chi connectivity index (χ3v) is 2.54. The smallest absolute Gasteiger partial charge is 0.302 e. The minimum Gasteiger partial charge on any atom is -0.463 e. The van der Waals surface area contributed by atoms with E-state index < -0.39 is 11.6 Å². The molecule has 0 heterocycles. The van der Waals surface area contributed by atoms with Gasteiger partial charge >= 0.3 is 5.97 Å². The topological polar surface area (TPSA) is 55.8 Å². The Hall–Kier alpha value is -1.10. The van der Waals surface area contributed by atoms with Gasteiger partial charge < -0.3 is 4.74 Å². The van der Waals surface area contributed by atoms with Gasteiger partial charge in [0.2, 0.25) is 0 Å². The molecule has 0 bridgehead atoms. The van der Waals surface area contributed by atoms with Crippen LogP contribution in [0.2, 0.25) is 5.02 Å². The van der Waals surface area contributed by atoms with Crippen LogP contribution in [0, 0.1) is 0 Å². The zero-order valence-electron chi connectivity index (χ0n) is 9.77. The van der Waals surface area contributed by atoms with E-state index in [0.717, 1.165) is 5.56 Å². The minimum atomic E-state index is -0.959. The molecule has 0 saturated carbocycles. The van der Waals surface area contributed by atoms with Gasteiger partial charge in [0, 0.05) is 18.4 Å². The highest BCUT2D eigenvalue weighted by molar-refractivity contribution is 6.30. The molecule has 1 N–H and O–H groups in total. The van der Waals surface area contributed by atoms with Crippen LogP contribution in [-0.2, 0) is 20.8 Å². The summed E-state index contributed by atoms with van der Waals surface area (Å²) in [5, 5.41) is 9.54. The van der Waals surface area contributed by atoms with E-state index in [1.807, 2.05) is 12.1 Å². The first-order valence-corrected chi connectivity index (χ1v) is 5.53. The molecular formula is C12H15ClO4. The molecule has 0 unspecified atom stereocenters. The Morgan fingerprint density at radius 2 is 2.00 bits per heavy atom. The molecule has 4 nitrogen and oxygen atoms in total. The lowest BCUT2D eigenvalue weighted by Crippen LogP contribution is -2.36. The Kier molecular flexibility index (Phi) is 4.93. The largest absolute Gasteiger partial charge is 0.463 e. The fourth-order valence-electron chi connectivity index (χ4n) is 1.40. The van der Waals surface area contributed by atoms with E-state index in [9.17, 15) is 4.79 Å². The summed E-state index contributed by atoms with van der Waals surface area (Å²) in [5.41, 5.74) is -0.0300. The van der Waals surface area contributed by atoms with Crippen LogP contribution in [0.1, 0.15) is 19.4 Å². The average molecular weight is 259 g/mol. The van der Waals surface area contributed by atoms with Gasteiger partial charge in [-0.2, -0.15) is 0 Å². The second kappa shape index (κ2) is 6.00. The van der Waals surface area contributed by atoms with Crippen LogP contribution in [0.3, 0.4) is 0 Å². The summed E-state index contributed by atoms with van der Waals surface area (Å²) in [6, 6.07) is 7.15. The van der Waals surface area contributed by atoms with Crippen molar-refractivity contribution in [2.45, 2.75) is 25.9 Å². The van der Waals surface area contributed by atoms with E-state index in [1.165, 1.54) is 6.92 Å². The molecule has 0 amide bonds. The van der Waals surface area contributed by atoms with Crippen molar-refractivity contribution in [3.05, 3.63) is 34.9 Å². The van der Waals surface area contributed by atoms with Gasteiger partial charge in [-0.1, -0.05) is 23.7 Å². The predicted molar refractivity (Wildman–Crippen MR) is 63.9 cm³/mol. The predicted octanol–water partition coefficient (Wildman–Crippen LogP) is 2.69. The molecule has 0 aromatic heterocycles. The maximum absolute atomic E-state index is 10.7. The highest BCUT2D eigenvalue weighted by atomic mass is 35.5. The zero-order valence-corrected chi connectivity index (χ0v) is 10.5. The first kappa shape index (κ1) is 14.0. The van der Waals surface area contributed by atoms with E-state index in [2.05, 4.69) is 4.89 Å². The van der Waals surface area contributed by atoms with Crippen molar-refractivity contribution in [1.82, 2.24) is 0 Å². The minimum absolute atomic E-state index is 0.0124. The van der Waals surface area contributed by atoms with Crippen LogP contribution in [0.25, 0.3) is 0 Å². The Bertz CT molecular complexity index is 377. The number of carbonyl (C=O) groups excluding carboxylic acids is 1. The molecule has 0 radical (unpaired) electrons. The number of hydrogen-bond acceptors (Lipinski definition) is 4. The standard InChI is InChI=1S/C12H15ClO4/c1-9(14)16-8-12(2,17-15)7-10-3-5-11(13)6-4-10/h3-6,15H,7-8H2,1-2H3/t12-/m0/s1. The number of hydrogen-bond donors (Lipinski definition) is 1. The molecule has 0 aliphatic rings. The second-order valence-corrected chi connectivity index (χ2v) is 4.56. The van der Waals surface area contributed by atoms with Crippen molar-refractivity contribution in [1.29, 1.82) is 0 Å². The number of carbonyl (C=O) groups is 1. The fraction of sp³-hybridized carbons (Fsp3) is 0.417. The lowest BCUT2D eigenvalue weighted by molar-refractivity contribution is -0.325. The van der Waals surface area contributed by atoms with Crippen molar-refractivity contribution < 1.29 is 19.7 Å². The van der Waals surface area contributed by atoms with E-state index in [0.29, 0.717) is 11.4 Å². The Balaban J connectivity index is 2.67. The lowest BCUT2D eigenvalue weighted by atomic mass is 9.97. The SMILES string of the molecule is CC(=O)OC[C@](C)(Cc1ccc(Cl)cc1)OO. The molecule has 1 aromatic carbocycles. The van der Waals surface area contributed by atoms with Crippen LogP contribution in [0.5, 0.6) is 0 Å². The number of halogens is 1. The summed E-state index contributed by atoms with van der Waals surface area (Å²) in [6.07, 6.45) is 0.411. The fourth-order valence-corrected chi connectivity index (χ4v) is 1.52. The molecule has 94 valence electrons. The second-order valence-electron chi connectivity index (χ2n) is 4.12. The van der Waals surface area contributed by atoms with Crippen molar-refractivity contribution in [3.63, 3.8) is 0 Å². The van der Waals surface area contributed by atoms with Gasteiger partial charge in [0.05, 0.1) is 0 Å². The van der Waals surface area contributed by atoms with E-state index in [-0.39, 0.29) is 6.61 Å². The Labute approximate surface area is 105 Å². The van der Waals surface area contributed by atoms with Crippen molar-refractivity contribution in [2.75, 3.05) is 6.61 Å². The van der Waals surface area contributed by atoms with Crippen LogP contribution in [-0.4, -0.2) is 23.4 Å². The van der Waals surface area contributed by atoms with Crippen LogP contribution in [0.15, 0.2) is 24.3 Å². The quantitative estimate of drug-likeness (QED) is 0.501. The number of ether oxygens (including phenoxy) is 1. The number of benzene rings is 1. The average Bonchev–Trinajstić information content (AvgIpc) is 2.30. The normalized spacial score (nSPS) is 14.1. The first-order chi connectivity index (χ1) is 7.95. The van der Waals surface area contributed by atoms with Crippen LogP contribution >= 0.6 is 11.6 Å². The van der Waals surface area contributed by atoms with Crippen LogP contribution in [0.4, 0.5) is 0 Å².